The molecule has 0 fully saturated rings. The number of para-hydroxylation sites is 1. The minimum absolute atomic E-state index is 0.113. The Kier molecular flexibility index (Phi) is 3.91. The first-order valence-electron chi connectivity index (χ1n) is 9.08. The Hall–Kier alpha value is -3.46. The van der Waals surface area contributed by atoms with Gasteiger partial charge in [-0.2, -0.15) is 0 Å². The maximum absolute atomic E-state index is 6.21. The van der Waals surface area contributed by atoms with Crippen LogP contribution in [0.3, 0.4) is 0 Å². The fraction of sp³-hybridized carbons (Fsp3) is 0.0833. The Labute approximate surface area is 157 Å². The van der Waals surface area contributed by atoms with Crippen molar-refractivity contribution in [3.05, 3.63) is 102 Å². The molecule has 0 spiro atoms. The largest absolute Gasteiger partial charge is 0.489 e. The monoisotopic (exact) mass is 353 g/mol. The molecule has 0 radical (unpaired) electrons. The lowest BCUT2D eigenvalue weighted by atomic mass is 10.0. The zero-order chi connectivity index (χ0) is 18.1. The molecule has 0 amide bonds. The summed E-state index contributed by atoms with van der Waals surface area (Å²) in [5.74, 6) is 1.77. The van der Waals surface area contributed by atoms with Crippen molar-refractivity contribution in [2.45, 2.75) is 12.7 Å². The number of hydrogen-bond donors (Lipinski definition) is 1. The first-order chi connectivity index (χ1) is 13.4. The topological polar surface area (TPSA) is 34.2 Å². The molecule has 0 bridgehead atoms. The molecular formula is C24H19NO2. The van der Waals surface area contributed by atoms with Gasteiger partial charge in [0.1, 0.15) is 24.2 Å². The van der Waals surface area contributed by atoms with Crippen LogP contribution >= 0.6 is 0 Å². The van der Waals surface area contributed by atoms with Gasteiger partial charge in [-0.1, -0.05) is 54.6 Å². The van der Waals surface area contributed by atoms with Crippen LogP contribution < -0.4 is 9.47 Å². The van der Waals surface area contributed by atoms with Crippen LogP contribution in [0.4, 0.5) is 0 Å². The highest BCUT2D eigenvalue weighted by Crippen LogP contribution is 2.36. The highest BCUT2D eigenvalue weighted by Gasteiger charge is 2.19. The van der Waals surface area contributed by atoms with Gasteiger partial charge in [-0.05, 0) is 35.9 Å². The first kappa shape index (κ1) is 15.8. The molecule has 0 aliphatic carbocycles. The van der Waals surface area contributed by atoms with Gasteiger partial charge < -0.3 is 14.5 Å². The minimum Gasteiger partial charge on any atom is -0.489 e. The molecule has 3 nitrogen and oxygen atoms in total. The van der Waals surface area contributed by atoms with E-state index in [1.807, 2.05) is 48.7 Å². The Balaban J connectivity index is 1.42. The molecule has 1 aliphatic rings. The third kappa shape index (κ3) is 3.08. The van der Waals surface area contributed by atoms with Crippen LogP contribution in [-0.2, 0) is 6.61 Å². The molecule has 1 aromatic heterocycles. The zero-order valence-corrected chi connectivity index (χ0v) is 14.8. The van der Waals surface area contributed by atoms with Crippen molar-refractivity contribution in [3.8, 4) is 11.5 Å². The third-order valence-electron chi connectivity index (χ3n) is 4.86. The average Bonchev–Trinajstić information content (AvgIpc) is 3.16. The van der Waals surface area contributed by atoms with Gasteiger partial charge in [0.05, 0.1) is 0 Å². The second-order valence-corrected chi connectivity index (χ2v) is 6.66. The smallest absolute Gasteiger partial charge is 0.144 e. The van der Waals surface area contributed by atoms with Crippen molar-refractivity contribution in [2.75, 3.05) is 0 Å². The molecule has 27 heavy (non-hydrogen) atoms. The van der Waals surface area contributed by atoms with Crippen LogP contribution in [0.25, 0.3) is 17.0 Å². The number of aromatic amines is 1. The molecule has 1 N–H and O–H groups in total. The van der Waals surface area contributed by atoms with E-state index in [4.69, 9.17) is 9.47 Å². The summed E-state index contributed by atoms with van der Waals surface area (Å²) in [5, 5.41) is 1.12. The Morgan fingerprint density at radius 3 is 2.70 bits per heavy atom. The summed E-state index contributed by atoms with van der Waals surface area (Å²) in [5.41, 5.74) is 4.45. The van der Waals surface area contributed by atoms with Crippen molar-refractivity contribution >= 4 is 17.0 Å². The first-order valence-corrected chi connectivity index (χ1v) is 9.08. The maximum atomic E-state index is 6.21. The summed E-state index contributed by atoms with van der Waals surface area (Å²) in [7, 11) is 0. The molecular weight excluding hydrogens is 334 g/mol. The molecule has 1 atom stereocenters. The Morgan fingerprint density at radius 2 is 1.78 bits per heavy atom. The fourth-order valence-electron chi connectivity index (χ4n) is 3.45. The van der Waals surface area contributed by atoms with Gasteiger partial charge in [0, 0.05) is 28.2 Å². The van der Waals surface area contributed by atoms with Crippen LogP contribution in [-0.4, -0.2) is 4.98 Å². The van der Waals surface area contributed by atoms with Gasteiger partial charge in [0.25, 0.3) is 0 Å². The van der Waals surface area contributed by atoms with Crippen LogP contribution in [0.5, 0.6) is 11.5 Å². The number of aromatic nitrogens is 1. The number of benzene rings is 3. The van der Waals surface area contributed by atoms with Gasteiger partial charge >= 0.3 is 0 Å². The molecule has 1 aliphatic heterocycles. The van der Waals surface area contributed by atoms with Gasteiger partial charge in [0.2, 0.25) is 0 Å². The van der Waals surface area contributed by atoms with E-state index >= 15 is 0 Å². The van der Waals surface area contributed by atoms with Crippen molar-refractivity contribution in [3.63, 3.8) is 0 Å². The lowest BCUT2D eigenvalue weighted by Gasteiger charge is -2.21. The summed E-state index contributed by atoms with van der Waals surface area (Å²) in [6, 6.07) is 24.4. The highest BCUT2D eigenvalue weighted by molar-refractivity contribution is 5.85. The van der Waals surface area contributed by atoms with Gasteiger partial charge in [-0.3, -0.25) is 0 Å². The molecule has 1 unspecified atom stereocenters. The van der Waals surface area contributed by atoms with Crippen LogP contribution in [0.1, 0.15) is 22.8 Å². The standard InChI is InChI=1S/C24H19NO2/c1-2-6-17(7-3-1)16-26-19-11-12-22-20(14-19)21(15-25-22)24-13-10-18-8-4-5-9-23(18)27-24/h1-15,24-25H,16H2. The summed E-state index contributed by atoms with van der Waals surface area (Å²) in [6.07, 6.45) is 6.13. The van der Waals surface area contributed by atoms with E-state index in [0.717, 1.165) is 39.1 Å². The number of fused-ring (bicyclic) bond motifs is 2. The third-order valence-corrected chi connectivity index (χ3v) is 4.86. The van der Waals surface area contributed by atoms with Gasteiger partial charge in [-0.15, -0.1) is 0 Å². The number of nitrogens with one attached hydrogen (secondary N) is 1. The van der Waals surface area contributed by atoms with Crippen molar-refractivity contribution in [2.24, 2.45) is 0 Å². The van der Waals surface area contributed by atoms with E-state index in [1.54, 1.807) is 0 Å². The molecule has 3 heteroatoms. The molecule has 5 rings (SSSR count). The second-order valence-electron chi connectivity index (χ2n) is 6.66. The van der Waals surface area contributed by atoms with E-state index in [1.165, 1.54) is 0 Å². The van der Waals surface area contributed by atoms with Crippen molar-refractivity contribution in [1.29, 1.82) is 0 Å². The summed E-state index contributed by atoms with van der Waals surface area (Å²) in [4.78, 5) is 3.34. The predicted octanol–water partition coefficient (Wildman–Crippen LogP) is 5.89. The summed E-state index contributed by atoms with van der Waals surface area (Å²) < 4.78 is 12.2. The van der Waals surface area contributed by atoms with Crippen molar-refractivity contribution in [1.82, 2.24) is 4.98 Å². The van der Waals surface area contributed by atoms with E-state index in [2.05, 4.69) is 47.5 Å². The van der Waals surface area contributed by atoms with Gasteiger partial charge in [0.15, 0.2) is 0 Å². The molecule has 0 saturated heterocycles. The molecule has 2 heterocycles. The molecule has 132 valence electrons. The highest BCUT2D eigenvalue weighted by atomic mass is 16.5. The molecule has 3 aromatic carbocycles. The Bertz CT molecular complexity index is 1110. The van der Waals surface area contributed by atoms with Crippen LogP contribution in [0.2, 0.25) is 0 Å². The SMILES string of the molecule is C1=CC(c2c[nH]c3ccc(OCc4ccccc4)cc23)Oc2ccccc21. The maximum Gasteiger partial charge on any atom is 0.144 e. The predicted molar refractivity (Wildman–Crippen MR) is 108 cm³/mol. The van der Waals surface area contributed by atoms with E-state index in [9.17, 15) is 0 Å². The van der Waals surface area contributed by atoms with Crippen LogP contribution in [0, 0.1) is 0 Å². The average molecular weight is 353 g/mol. The van der Waals surface area contributed by atoms with E-state index in [0.29, 0.717) is 6.61 Å². The summed E-state index contributed by atoms with van der Waals surface area (Å²) in [6.45, 7) is 0.555. The Morgan fingerprint density at radius 1 is 0.926 bits per heavy atom. The van der Waals surface area contributed by atoms with E-state index in [-0.39, 0.29) is 6.10 Å². The second kappa shape index (κ2) is 6.69. The number of rotatable bonds is 4. The number of H-pyrrole nitrogens is 1. The normalized spacial score (nSPS) is 15.3. The van der Waals surface area contributed by atoms with E-state index < -0.39 is 0 Å². The molecule has 0 saturated carbocycles. The number of hydrogen-bond acceptors (Lipinski definition) is 2. The summed E-state index contributed by atoms with van der Waals surface area (Å²) >= 11 is 0. The number of ether oxygens (including phenoxy) is 2. The van der Waals surface area contributed by atoms with Gasteiger partial charge in [-0.25, -0.2) is 0 Å². The minimum atomic E-state index is -0.113. The van der Waals surface area contributed by atoms with Crippen LogP contribution in [0.15, 0.2) is 85.1 Å². The zero-order valence-electron chi connectivity index (χ0n) is 14.8. The van der Waals surface area contributed by atoms with Crippen molar-refractivity contribution < 1.29 is 9.47 Å². The molecule has 4 aromatic rings. The lowest BCUT2D eigenvalue weighted by molar-refractivity contribution is 0.253. The lowest BCUT2D eigenvalue weighted by Crippen LogP contribution is -2.08. The quantitative estimate of drug-likeness (QED) is 0.496. The fourth-order valence-corrected chi connectivity index (χ4v) is 3.45.